The van der Waals surface area contributed by atoms with Crippen molar-refractivity contribution < 1.29 is 9.18 Å². The van der Waals surface area contributed by atoms with E-state index in [1.807, 2.05) is 18.2 Å². The first-order valence-corrected chi connectivity index (χ1v) is 6.85. The highest BCUT2D eigenvalue weighted by Gasteiger charge is 2.17. The van der Waals surface area contributed by atoms with Crippen LogP contribution in [0.25, 0.3) is 0 Å². The summed E-state index contributed by atoms with van der Waals surface area (Å²) in [5.41, 5.74) is 7.81. The molecule has 0 saturated heterocycles. The fraction of sp³-hybridized carbons (Fsp3) is 0.133. The van der Waals surface area contributed by atoms with E-state index in [2.05, 4.69) is 21.2 Å². The molecule has 0 saturated carbocycles. The van der Waals surface area contributed by atoms with Crippen LogP contribution in [-0.2, 0) is 4.79 Å². The van der Waals surface area contributed by atoms with Crippen LogP contribution in [0.3, 0.4) is 0 Å². The third-order valence-corrected chi connectivity index (χ3v) is 3.57. The van der Waals surface area contributed by atoms with Crippen LogP contribution < -0.4 is 11.1 Å². The molecule has 3 N–H and O–H groups in total. The number of nitrogens with one attached hydrogen (secondary N) is 1. The van der Waals surface area contributed by atoms with Crippen LogP contribution in [0, 0.1) is 12.7 Å². The number of nitrogens with two attached hydrogens (primary N) is 1. The first-order chi connectivity index (χ1) is 9.49. The van der Waals surface area contributed by atoms with Crippen LogP contribution in [-0.4, -0.2) is 5.91 Å². The largest absolute Gasteiger partial charge is 0.324 e. The molecule has 0 aliphatic carbocycles. The van der Waals surface area contributed by atoms with Gasteiger partial charge in [0.15, 0.2) is 0 Å². The summed E-state index contributed by atoms with van der Waals surface area (Å²) in [6.45, 7) is 1.72. The van der Waals surface area contributed by atoms with Crippen LogP contribution in [0.2, 0.25) is 0 Å². The number of amides is 1. The predicted octanol–water partition coefficient (Wildman–Crippen LogP) is 3.54. The maximum Gasteiger partial charge on any atom is 0.245 e. The maximum atomic E-state index is 13.3. The second-order valence-electron chi connectivity index (χ2n) is 4.46. The molecule has 0 fully saturated rings. The van der Waals surface area contributed by atoms with Gasteiger partial charge in [-0.1, -0.05) is 30.3 Å². The highest BCUT2D eigenvalue weighted by molar-refractivity contribution is 9.10. The summed E-state index contributed by atoms with van der Waals surface area (Å²) in [4.78, 5) is 12.1. The van der Waals surface area contributed by atoms with Crippen LogP contribution in [0.15, 0.2) is 46.9 Å². The van der Waals surface area contributed by atoms with E-state index in [4.69, 9.17) is 5.73 Å². The van der Waals surface area contributed by atoms with E-state index in [9.17, 15) is 9.18 Å². The normalized spacial score (nSPS) is 12.0. The van der Waals surface area contributed by atoms with Crippen LogP contribution in [0.5, 0.6) is 0 Å². The van der Waals surface area contributed by atoms with Crippen molar-refractivity contribution in [3.8, 4) is 0 Å². The SMILES string of the molecule is Cc1cc(F)c(Br)cc1NC(=O)[C@H](N)c1ccccc1. The Morgan fingerprint density at radius 1 is 1.30 bits per heavy atom. The molecular weight excluding hydrogens is 323 g/mol. The molecule has 0 bridgehead atoms. The molecule has 0 heterocycles. The van der Waals surface area contributed by atoms with Gasteiger partial charge >= 0.3 is 0 Å². The van der Waals surface area contributed by atoms with E-state index in [0.717, 1.165) is 5.56 Å². The first-order valence-electron chi connectivity index (χ1n) is 6.06. The van der Waals surface area contributed by atoms with Crippen LogP contribution in [0.4, 0.5) is 10.1 Å². The fourth-order valence-corrected chi connectivity index (χ4v) is 2.15. The fourth-order valence-electron chi connectivity index (χ4n) is 1.80. The number of hydrogen-bond donors (Lipinski definition) is 2. The molecule has 0 aliphatic rings. The van der Waals surface area contributed by atoms with E-state index in [-0.39, 0.29) is 11.7 Å². The molecule has 3 nitrogen and oxygen atoms in total. The highest BCUT2D eigenvalue weighted by Crippen LogP contribution is 2.25. The number of anilines is 1. The summed E-state index contributed by atoms with van der Waals surface area (Å²) >= 11 is 3.09. The molecule has 1 amide bonds. The number of benzene rings is 2. The van der Waals surface area contributed by atoms with Gasteiger partial charge in [0, 0.05) is 5.69 Å². The third kappa shape index (κ3) is 3.23. The van der Waals surface area contributed by atoms with Gasteiger partial charge < -0.3 is 11.1 Å². The van der Waals surface area contributed by atoms with Gasteiger partial charge in [-0.2, -0.15) is 0 Å². The van der Waals surface area contributed by atoms with Crippen molar-refractivity contribution in [3.63, 3.8) is 0 Å². The molecule has 0 radical (unpaired) electrons. The highest BCUT2D eigenvalue weighted by atomic mass is 79.9. The van der Waals surface area contributed by atoms with Gasteiger partial charge in [-0.3, -0.25) is 4.79 Å². The monoisotopic (exact) mass is 336 g/mol. The van der Waals surface area contributed by atoms with Gasteiger partial charge in [0.05, 0.1) is 4.47 Å². The lowest BCUT2D eigenvalue weighted by Crippen LogP contribution is -2.28. The molecule has 2 rings (SSSR count). The minimum Gasteiger partial charge on any atom is -0.324 e. The topological polar surface area (TPSA) is 55.1 Å². The van der Waals surface area contributed by atoms with Gasteiger partial charge in [0.1, 0.15) is 11.9 Å². The standard InChI is InChI=1S/C15H14BrFN2O/c1-9-7-12(17)11(16)8-13(9)19-15(20)14(18)10-5-3-2-4-6-10/h2-8,14H,18H2,1H3,(H,19,20)/t14-/m1/s1. The van der Waals surface area contributed by atoms with Crippen molar-refractivity contribution in [3.05, 3.63) is 63.9 Å². The maximum absolute atomic E-state index is 13.3. The molecule has 0 aliphatic heterocycles. The first kappa shape index (κ1) is 14.7. The smallest absolute Gasteiger partial charge is 0.245 e. The number of carbonyl (C=O) groups is 1. The Bertz CT molecular complexity index is 631. The number of hydrogen-bond acceptors (Lipinski definition) is 2. The molecule has 5 heteroatoms. The average molecular weight is 337 g/mol. The number of halogens is 2. The number of aryl methyl sites for hydroxylation is 1. The second-order valence-corrected chi connectivity index (χ2v) is 5.31. The summed E-state index contributed by atoms with van der Waals surface area (Å²) in [6.07, 6.45) is 0. The molecule has 0 aromatic heterocycles. The van der Waals surface area contributed by atoms with Crippen molar-refractivity contribution in [1.82, 2.24) is 0 Å². The summed E-state index contributed by atoms with van der Waals surface area (Å²) in [5, 5.41) is 2.72. The zero-order valence-corrected chi connectivity index (χ0v) is 12.4. The van der Waals surface area contributed by atoms with Crippen molar-refractivity contribution >= 4 is 27.5 Å². The second kappa shape index (κ2) is 6.15. The van der Waals surface area contributed by atoms with E-state index in [0.29, 0.717) is 15.7 Å². The van der Waals surface area contributed by atoms with Gasteiger partial charge in [0.25, 0.3) is 0 Å². The lowest BCUT2D eigenvalue weighted by Gasteiger charge is -2.14. The van der Waals surface area contributed by atoms with Gasteiger partial charge in [-0.15, -0.1) is 0 Å². The van der Waals surface area contributed by atoms with Crippen LogP contribution >= 0.6 is 15.9 Å². The Kier molecular flexibility index (Phi) is 4.52. The van der Waals surface area contributed by atoms with Crippen molar-refractivity contribution in [1.29, 1.82) is 0 Å². The van der Waals surface area contributed by atoms with E-state index in [1.54, 1.807) is 19.1 Å². The lowest BCUT2D eigenvalue weighted by atomic mass is 10.1. The Balaban J connectivity index is 2.18. The average Bonchev–Trinajstić information content (AvgIpc) is 2.44. The molecule has 0 unspecified atom stereocenters. The Labute approximate surface area is 125 Å². The van der Waals surface area contributed by atoms with Crippen molar-refractivity contribution in [2.45, 2.75) is 13.0 Å². The zero-order valence-electron chi connectivity index (χ0n) is 10.9. The van der Waals surface area contributed by atoms with Crippen LogP contribution in [0.1, 0.15) is 17.2 Å². The molecular formula is C15H14BrFN2O. The Morgan fingerprint density at radius 3 is 2.60 bits per heavy atom. The Hall–Kier alpha value is -1.72. The third-order valence-electron chi connectivity index (χ3n) is 2.97. The van der Waals surface area contributed by atoms with Crippen molar-refractivity contribution in [2.24, 2.45) is 5.73 Å². The molecule has 1 atom stereocenters. The van der Waals surface area contributed by atoms with Gasteiger partial charge in [-0.25, -0.2) is 4.39 Å². The predicted molar refractivity (Wildman–Crippen MR) is 80.8 cm³/mol. The molecule has 2 aromatic carbocycles. The molecule has 20 heavy (non-hydrogen) atoms. The van der Waals surface area contributed by atoms with Gasteiger partial charge in [0.2, 0.25) is 5.91 Å². The summed E-state index contributed by atoms with van der Waals surface area (Å²) in [7, 11) is 0. The molecule has 104 valence electrons. The Morgan fingerprint density at radius 2 is 1.95 bits per heavy atom. The summed E-state index contributed by atoms with van der Waals surface area (Å²) in [6, 6.07) is 11.2. The van der Waals surface area contributed by atoms with Gasteiger partial charge in [-0.05, 0) is 46.1 Å². The van der Waals surface area contributed by atoms with E-state index >= 15 is 0 Å². The lowest BCUT2D eigenvalue weighted by molar-refractivity contribution is -0.117. The van der Waals surface area contributed by atoms with Crippen molar-refractivity contribution in [2.75, 3.05) is 5.32 Å². The molecule has 0 spiro atoms. The quantitative estimate of drug-likeness (QED) is 0.900. The zero-order chi connectivity index (χ0) is 14.7. The minimum atomic E-state index is -0.764. The van der Waals surface area contributed by atoms with E-state index < -0.39 is 6.04 Å². The summed E-state index contributed by atoms with van der Waals surface area (Å²) < 4.78 is 13.6. The number of rotatable bonds is 3. The van der Waals surface area contributed by atoms with E-state index in [1.165, 1.54) is 12.1 Å². The molecule has 2 aromatic rings. The minimum absolute atomic E-state index is 0.298. The summed E-state index contributed by atoms with van der Waals surface area (Å²) in [5.74, 6) is -0.703. The number of carbonyl (C=O) groups excluding carboxylic acids is 1.